The highest BCUT2D eigenvalue weighted by Gasteiger charge is 2.45. The standard InChI is InChI=1S/C26H30N2O5/c1-3-26(4-2,24(31)28(15-23(29)30)17-13-14-17)27-25(32)33-16-22-20-11-7-5-9-18(20)19-10-6-8-12-21(19)22/h5-12,17,22H,3-4,13-16H2,1-2H3,(H,27,32)(H,29,30). The van der Waals surface area contributed by atoms with Crippen molar-refractivity contribution in [2.24, 2.45) is 0 Å². The molecule has 174 valence electrons. The number of hydrogen-bond acceptors (Lipinski definition) is 4. The molecule has 2 aromatic rings. The van der Waals surface area contributed by atoms with Gasteiger partial charge in [-0.15, -0.1) is 0 Å². The van der Waals surface area contributed by atoms with Crippen LogP contribution >= 0.6 is 0 Å². The van der Waals surface area contributed by atoms with Crippen LogP contribution in [0.2, 0.25) is 0 Å². The van der Waals surface area contributed by atoms with Gasteiger partial charge in [-0.2, -0.15) is 0 Å². The van der Waals surface area contributed by atoms with E-state index in [-0.39, 0.29) is 31.0 Å². The van der Waals surface area contributed by atoms with Crippen molar-refractivity contribution in [2.45, 2.75) is 57.0 Å². The van der Waals surface area contributed by atoms with Crippen molar-refractivity contribution in [3.05, 3.63) is 59.7 Å². The summed E-state index contributed by atoms with van der Waals surface area (Å²) in [7, 11) is 0. The van der Waals surface area contributed by atoms with Crippen LogP contribution in [0, 0.1) is 0 Å². The molecular weight excluding hydrogens is 420 g/mol. The second-order valence-corrected chi connectivity index (χ2v) is 8.80. The summed E-state index contributed by atoms with van der Waals surface area (Å²) in [6.45, 7) is 3.42. The average molecular weight is 451 g/mol. The fraction of sp³-hybridized carbons (Fsp3) is 0.423. The van der Waals surface area contributed by atoms with E-state index in [1.54, 1.807) is 0 Å². The highest BCUT2D eigenvalue weighted by molar-refractivity contribution is 5.92. The first-order valence-electron chi connectivity index (χ1n) is 11.6. The molecule has 2 N–H and O–H groups in total. The fourth-order valence-corrected chi connectivity index (χ4v) is 4.79. The van der Waals surface area contributed by atoms with Crippen molar-refractivity contribution in [3.63, 3.8) is 0 Å². The van der Waals surface area contributed by atoms with Gasteiger partial charge < -0.3 is 20.1 Å². The van der Waals surface area contributed by atoms with E-state index in [0.29, 0.717) is 12.8 Å². The Morgan fingerprint density at radius 2 is 1.55 bits per heavy atom. The molecule has 2 aliphatic rings. The molecule has 2 aliphatic carbocycles. The van der Waals surface area contributed by atoms with E-state index in [2.05, 4.69) is 17.4 Å². The number of alkyl carbamates (subject to hydrolysis) is 1. The Kier molecular flexibility index (Phi) is 6.40. The molecule has 7 heteroatoms. The number of hydrogen-bond donors (Lipinski definition) is 2. The number of carbonyl (C=O) groups is 3. The quantitative estimate of drug-likeness (QED) is 0.598. The van der Waals surface area contributed by atoms with Crippen LogP contribution in [0.1, 0.15) is 56.6 Å². The second kappa shape index (κ2) is 9.25. The Hall–Kier alpha value is -3.35. The van der Waals surface area contributed by atoms with Crippen LogP contribution in [0.3, 0.4) is 0 Å². The lowest BCUT2D eigenvalue weighted by Crippen LogP contribution is -2.60. The van der Waals surface area contributed by atoms with E-state index >= 15 is 0 Å². The lowest BCUT2D eigenvalue weighted by molar-refractivity contribution is -0.148. The molecule has 0 unspecified atom stereocenters. The summed E-state index contributed by atoms with van der Waals surface area (Å²) in [5, 5.41) is 12.1. The third kappa shape index (κ3) is 4.45. The lowest BCUT2D eigenvalue weighted by atomic mass is 9.91. The number of benzene rings is 2. The lowest BCUT2D eigenvalue weighted by Gasteiger charge is -2.36. The van der Waals surface area contributed by atoms with Gasteiger partial charge in [0.25, 0.3) is 0 Å². The smallest absolute Gasteiger partial charge is 0.408 e. The number of ether oxygens (including phenoxy) is 1. The number of nitrogens with one attached hydrogen (secondary N) is 1. The van der Waals surface area contributed by atoms with E-state index in [0.717, 1.165) is 35.1 Å². The number of nitrogens with zero attached hydrogens (tertiary/aromatic N) is 1. The predicted molar refractivity (Wildman–Crippen MR) is 124 cm³/mol. The van der Waals surface area contributed by atoms with Gasteiger partial charge in [-0.3, -0.25) is 9.59 Å². The van der Waals surface area contributed by atoms with Gasteiger partial charge >= 0.3 is 12.1 Å². The minimum absolute atomic E-state index is 0.0737. The third-order valence-corrected chi connectivity index (χ3v) is 6.86. The van der Waals surface area contributed by atoms with Crippen LogP contribution < -0.4 is 5.32 Å². The Labute approximate surface area is 193 Å². The van der Waals surface area contributed by atoms with Gasteiger partial charge in [0.05, 0.1) is 0 Å². The number of carbonyl (C=O) groups excluding carboxylic acids is 2. The van der Waals surface area contributed by atoms with Gasteiger partial charge in [0.15, 0.2) is 0 Å². The van der Waals surface area contributed by atoms with E-state index < -0.39 is 17.6 Å². The van der Waals surface area contributed by atoms with Crippen molar-refractivity contribution in [2.75, 3.05) is 13.2 Å². The van der Waals surface area contributed by atoms with Crippen molar-refractivity contribution < 1.29 is 24.2 Å². The molecule has 33 heavy (non-hydrogen) atoms. The largest absolute Gasteiger partial charge is 0.480 e. The van der Waals surface area contributed by atoms with Gasteiger partial charge in [-0.25, -0.2) is 4.79 Å². The van der Waals surface area contributed by atoms with Crippen molar-refractivity contribution >= 4 is 18.0 Å². The van der Waals surface area contributed by atoms with Gasteiger partial charge in [-0.1, -0.05) is 62.4 Å². The minimum atomic E-state index is -1.19. The molecule has 0 aliphatic heterocycles. The van der Waals surface area contributed by atoms with Crippen molar-refractivity contribution in [1.29, 1.82) is 0 Å². The van der Waals surface area contributed by atoms with Crippen LogP contribution in [0.25, 0.3) is 11.1 Å². The summed E-state index contributed by atoms with van der Waals surface area (Å²) in [5.41, 5.74) is 3.31. The molecule has 0 bridgehead atoms. The number of rotatable bonds is 9. The second-order valence-electron chi connectivity index (χ2n) is 8.80. The molecule has 4 rings (SSSR count). The average Bonchev–Trinajstić information content (AvgIpc) is 3.62. The Morgan fingerprint density at radius 1 is 1.00 bits per heavy atom. The van der Waals surface area contributed by atoms with E-state index in [9.17, 15) is 19.5 Å². The molecule has 0 spiro atoms. The molecule has 0 heterocycles. The van der Waals surface area contributed by atoms with E-state index in [4.69, 9.17) is 4.74 Å². The zero-order chi connectivity index (χ0) is 23.6. The maximum atomic E-state index is 13.4. The van der Waals surface area contributed by atoms with Gasteiger partial charge in [-0.05, 0) is 47.9 Å². The highest BCUT2D eigenvalue weighted by Crippen LogP contribution is 2.44. The zero-order valence-electron chi connectivity index (χ0n) is 19.0. The number of amides is 2. The topological polar surface area (TPSA) is 95.9 Å². The fourth-order valence-electron chi connectivity index (χ4n) is 4.79. The SMILES string of the molecule is CCC(CC)(NC(=O)OCC1c2ccccc2-c2ccccc21)C(=O)N(CC(=O)O)C1CC1. The molecule has 0 aromatic heterocycles. The predicted octanol–water partition coefficient (Wildman–Crippen LogP) is 4.16. The molecule has 7 nitrogen and oxygen atoms in total. The highest BCUT2D eigenvalue weighted by atomic mass is 16.5. The molecule has 0 radical (unpaired) electrons. The summed E-state index contributed by atoms with van der Waals surface area (Å²) < 4.78 is 5.65. The molecule has 1 saturated carbocycles. The third-order valence-electron chi connectivity index (χ3n) is 6.86. The monoisotopic (exact) mass is 450 g/mol. The summed E-state index contributed by atoms with van der Waals surface area (Å²) in [6.07, 6.45) is 1.59. The number of fused-ring (bicyclic) bond motifs is 3. The summed E-state index contributed by atoms with van der Waals surface area (Å²) in [6, 6.07) is 16.1. The number of aliphatic carboxylic acids is 1. The van der Waals surface area contributed by atoms with Crippen molar-refractivity contribution in [3.8, 4) is 11.1 Å². The first-order chi connectivity index (χ1) is 15.9. The van der Waals surface area contributed by atoms with Gasteiger partial charge in [0.2, 0.25) is 5.91 Å². The zero-order valence-corrected chi connectivity index (χ0v) is 19.0. The summed E-state index contributed by atoms with van der Waals surface area (Å²) in [4.78, 5) is 38.9. The summed E-state index contributed by atoms with van der Waals surface area (Å²) in [5.74, 6) is -1.49. The Morgan fingerprint density at radius 3 is 2.03 bits per heavy atom. The first-order valence-corrected chi connectivity index (χ1v) is 11.6. The first kappa shape index (κ1) is 22.8. The maximum absolute atomic E-state index is 13.4. The van der Waals surface area contributed by atoms with Crippen LogP contribution in [0.4, 0.5) is 4.79 Å². The van der Waals surface area contributed by atoms with Crippen LogP contribution in [-0.4, -0.2) is 52.7 Å². The molecular formula is C26H30N2O5. The summed E-state index contributed by atoms with van der Waals surface area (Å²) >= 11 is 0. The number of carboxylic acids is 1. The Balaban J connectivity index is 1.48. The normalized spacial score (nSPS) is 14.8. The molecule has 2 amide bonds. The molecule has 0 atom stereocenters. The van der Waals surface area contributed by atoms with Gasteiger partial charge in [0.1, 0.15) is 18.7 Å². The maximum Gasteiger partial charge on any atom is 0.408 e. The molecule has 0 saturated heterocycles. The van der Waals surface area contributed by atoms with E-state index in [1.807, 2.05) is 50.2 Å². The molecule has 2 aromatic carbocycles. The number of carboxylic acid groups (broad SMARTS) is 1. The molecule has 1 fully saturated rings. The van der Waals surface area contributed by atoms with Crippen molar-refractivity contribution in [1.82, 2.24) is 10.2 Å². The van der Waals surface area contributed by atoms with Crippen LogP contribution in [0.15, 0.2) is 48.5 Å². The Bertz CT molecular complexity index is 1010. The van der Waals surface area contributed by atoms with E-state index in [1.165, 1.54) is 4.90 Å². The van der Waals surface area contributed by atoms with Gasteiger partial charge in [0, 0.05) is 12.0 Å². The van der Waals surface area contributed by atoms with Crippen LogP contribution in [0.5, 0.6) is 0 Å². The van der Waals surface area contributed by atoms with Crippen LogP contribution in [-0.2, 0) is 14.3 Å². The minimum Gasteiger partial charge on any atom is -0.480 e.